The third-order valence-electron chi connectivity index (χ3n) is 4.08. The van der Waals surface area contributed by atoms with Crippen LogP contribution < -0.4 is 9.80 Å². The Kier molecular flexibility index (Phi) is 4.57. The second kappa shape index (κ2) is 6.60. The average molecular weight is 362 g/mol. The Morgan fingerprint density at radius 3 is 2.91 bits per heavy atom. The highest BCUT2D eigenvalue weighted by molar-refractivity contribution is 9.10. The fraction of sp³-hybridized carbons (Fsp3) is 0.438. The van der Waals surface area contributed by atoms with E-state index < -0.39 is 0 Å². The van der Waals surface area contributed by atoms with E-state index in [0.717, 1.165) is 47.9 Å². The lowest BCUT2D eigenvalue weighted by Crippen LogP contribution is -2.47. The van der Waals surface area contributed by atoms with Gasteiger partial charge in [-0.25, -0.2) is 15.0 Å². The van der Waals surface area contributed by atoms with Gasteiger partial charge in [-0.2, -0.15) is 0 Å². The van der Waals surface area contributed by atoms with Gasteiger partial charge in [-0.15, -0.1) is 0 Å². The Bertz CT molecular complexity index is 648. The zero-order chi connectivity index (χ0) is 15.5. The Hall–Kier alpha value is -1.69. The summed E-state index contributed by atoms with van der Waals surface area (Å²) in [5.41, 5.74) is 0.997. The van der Waals surface area contributed by atoms with Crippen LogP contribution in [-0.2, 0) is 0 Å². The van der Waals surface area contributed by atoms with E-state index >= 15 is 0 Å². The van der Waals surface area contributed by atoms with Crippen molar-refractivity contribution in [3.63, 3.8) is 0 Å². The van der Waals surface area contributed by atoms with Crippen LogP contribution in [0.15, 0.2) is 35.1 Å². The quantitative estimate of drug-likeness (QED) is 0.840. The maximum Gasteiger partial charge on any atom is 0.225 e. The molecule has 2 aromatic rings. The number of piperidine rings is 1. The van der Waals surface area contributed by atoms with Gasteiger partial charge in [-0.1, -0.05) is 0 Å². The molecule has 116 valence electrons. The minimum Gasteiger partial charge on any atom is -0.354 e. The Morgan fingerprint density at radius 1 is 1.27 bits per heavy atom. The van der Waals surface area contributed by atoms with Crippen LogP contribution in [0.3, 0.4) is 0 Å². The van der Waals surface area contributed by atoms with E-state index in [1.807, 2.05) is 37.5 Å². The van der Waals surface area contributed by atoms with Gasteiger partial charge >= 0.3 is 0 Å². The number of hydrogen-bond acceptors (Lipinski definition) is 5. The monoisotopic (exact) mass is 361 g/mol. The van der Waals surface area contributed by atoms with Crippen LogP contribution in [0.4, 0.5) is 11.8 Å². The van der Waals surface area contributed by atoms with E-state index in [0.29, 0.717) is 6.04 Å². The maximum absolute atomic E-state index is 4.54. The minimum atomic E-state index is 0.393. The van der Waals surface area contributed by atoms with Crippen molar-refractivity contribution in [2.24, 2.45) is 0 Å². The van der Waals surface area contributed by atoms with E-state index in [1.165, 1.54) is 0 Å². The molecule has 3 rings (SSSR count). The molecule has 0 N–H and O–H groups in total. The van der Waals surface area contributed by atoms with E-state index in [4.69, 9.17) is 0 Å². The van der Waals surface area contributed by atoms with Gasteiger partial charge in [0, 0.05) is 44.3 Å². The summed E-state index contributed by atoms with van der Waals surface area (Å²) in [5.74, 6) is 1.82. The van der Waals surface area contributed by atoms with E-state index in [1.54, 1.807) is 0 Å². The molecule has 1 aliphatic rings. The molecular formula is C16H20BrN5. The number of likely N-dealkylation sites (N-methyl/N-ethyl adjacent to an activating group) is 1. The predicted molar refractivity (Wildman–Crippen MR) is 92.3 cm³/mol. The average Bonchev–Trinajstić information content (AvgIpc) is 2.55. The van der Waals surface area contributed by atoms with Gasteiger partial charge in [0.1, 0.15) is 5.82 Å². The van der Waals surface area contributed by atoms with Crippen molar-refractivity contribution in [2.45, 2.75) is 25.8 Å². The molecule has 22 heavy (non-hydrogen) atoms. The van der Waals surface area contributed by atoms with E-state index in [9.17, 15) is 0 Å². The number of nitrogens with zero attached hydrogens (tertiary/aromatic N) is 5. The van der Waals surface area contributed by atoms with Gasteiger partial charge in [-0.3, -0.25) is 0 Å². The van der Waals surface area contributed by atoms with Gasteiger partial charge in [0.25, 0.3) is 0 Å². The molecule has 3 heterocycles. The Labute approximate surface area is 139 Å². The van der Waals surface area contributed by atoms with Crippen molar-refractivity contribution in [2.75, 3.05) is 29.9 Å². The first-order chi connectivity index (χ1) is 10.6. The summed E-state index contributed by atoms with van der Waals surface area (Å²) in [6.07, 6.45) is 5.96. The number of hydrogen-bond donors (Lipinski definition) is 0. The number of aryl methyl sites for hydroxylation is 1. The lowest BCUT2D eigenvalue weighted by molar-refractivity contribution is 0.480. The van der Waals surface area contributed by atoms with Crippen LogP contribution in [0.2, 0.25) is 0 Å². The highest BCUT2D eigenvalue weighted by atomic mass is 79.9. The fourth-order valence-electron chi connectivity index (χ4n) is 2.84. The third-order valence-corrected chi connectivity index (χ3v) is 4.70. The van der Waals surface area contributed by atoms with Crippen LogP contribution in [0.25, 0.3) is 0 Å². The molecule has 0 saturated carbocycles. The number of aromatic nitrogens is 3. The van der Waals surface area contributed by atoms with Crippen LogP contribution in [-0.4, -0.2) is 41.1 Å². The molecule has 0 spiro atoms. The topological polar surface area (TPSA) is 45.2 Å². The highest BCUT2D eigenvalue weighted by Crippen LogP contribution is 2.27. The van der Waals surface area contributed by atoms with E-state index in [-0.39, 0.29) is 0 Å². The van der Waals surface area contributed by atoms with Crippen LogP contribution in [0.1, 0.15) is 18.5 Å². The number of anilines is 2. The fourth-order valence-corrected chi connectivity index (χ4v) is 3.35. The lowest BCUT2D eigenvalue weighted by Gasteiger charge is -2.38. The first-order valence-corrected chi connectivity index (χ1v) is 8.32. The molecule has 1 unspecified atom stereocenters. The smallest absolute Gasteiger partial charge is 0.225 e. The molecule has 0 aromatic carbocycles. The van der Waals surface area contributed by atoms with Gasteiger partial charge in [0.15, 0.2) is 0 Å². The standard InChI is InChI=1S/C16H20BrN5/c1-12-7-9-19-16(20-12)21(2)13-5-4-10-22(11-13)15-14(17)6-3-8-18-15/h3,6-9,13H,4-5,10-11H2,1-2H3. The normalized spacial score (nSPS) is 18.3. The molecule has 5 nitrogen and oxygen atoms in total. The van der Waals surface area contributed by atoms with Gasteiger partial charge in [0.05, 0.1) is 4.47 Å². The summed E-state index contributed by atoms with van der Waals surface area (Å²) in [7, 11) is 2.08. The zero-order valence-corrected chi connectivity index (χ0v) is 14.5. The van der Waals surface area contributed by atoms with Crippen molar-refractivity contribution in [3.05, 3.63) is 40.8 Å². The molecule has 0 radical (unpaired) electrons. The lowest BCUT2D eigenvalue weighted by atomic mass is 10.0. The maximum atomic E-state index is 4.54. The largest absolute Gasteiger partial charge is 0.354 e. The third kappa shape index (κ3) is 3.21. The first kappa shape index (κ1) is 15.2. The number of rotatable bonds is 3. The van der Waals surface area contributed by atoms with Crippen LogP contribution in [0.5, 0.6) is 0 Å². The summed E-state index contributed by atoms with van der Waals surface area (Å²) in [6.45, 7) is 3.97. The summed E-state index contributed by atoms with van der Waals surface area (Å²) >= 11 is 3.60. The van der Waals surface area contributed by atoms with Crippen molar-refractivity contribution in [1.82, 2.24) is 15.0 Å². The van der Waals surface area contributed by atoms with Gasteiger partial charge in [0.2, 0.25) is 5.95 Å². The second-order valence-electron chi connectivity index (χ2n) is 5.66. The molecule has 0 aliphatic carbocycles. The predicted octanol–water partition coefficient (Wildman–Crippen LogP) is 3.05. The van der Waals surface area contributed by atoms with Crippen LogP contribution >= 0.6 is 15.9 Å². The second-order valence-corrected chi connectivity index (χ2v) is 6.51. The molecule has 1 aliphatic heterocycles. The van der Waals surface area contributed by atoms with Crippen LogP contribution in [0, 0.1) is 6.92 Å². The molecule has 1 saturated heterocycles. The highest BCUT2D eigenvalue weighted by Gasteiger charge is 2.26. The molecule has 1 atom stereocenters. The summed E-state index contributed by atoms with van der Waals surface area (Å²) in [5, 5.41) is 0. The van der Waals surface area contributed by atoms with Crippen molar-refractivity contribution >= 4 is 27.7 Å². The SMILES string of the molecule is Cc1ccnc(N(C)C2CCCN(c3ncccc3Br)C2)n1. The number of halogens is 1. The van der Waals surface area contributed by atoms with E-state index in [2.05, 4.69) is 47.7 Å². The van der Waals surface area contributed by atoms with Gasteiger partial charge in [-0.05, 0) is 53.9 Å². The summed E-state index contributed by atoms with van der Waals surface area (Å²) in [4.78, 5) is 18.0. The molecule has 2 aromatic heterocycles. The molecule has 0 amide bonds. The summed E-state index contributed by atoms with van der Waals surface area (Å²) in [6, 6.07) is 6.31. The van der Waals surface area contributed by atoms with Crippen molar-refractivity contribution in [3.8, 4) is 0 Å². The molecular weight excluding hydrogens is 342 g/mol. The zero-order valence-electron chi connectivity index (χ0n) is 12.9. The van der Waals surface area contributed by atoms with Gasteiger partial charge < -0.3 is 9.80 Å². The Morgan fingerprint density at radius 2 is 2.14 bits per heavy atom. The molecule has 6 heteroatoms. The van der Waals surface area contributed by atoms with Crippen molar-refractivity contribution < 1.29 is 0 Å². The Balaban J connectivity index is 1.77. The molecule has 0 bridgehead atoms. The number of pyridine rings is 1. The summed E-state index contributed by atoms with van der Waals surface area (Å²) < 4.78 is 1.05. The first-order valence-electron chi connectivity index (χ1n) is 7.53. The minimum absolute atomic E-state index is 0.393. The van der Waals surface area contributed by atoms with Crippen molar-refractivity contribution in [1.29, 1.82) is 0 Å². The molecule has 1 fully saturated rings.